The Hall–Kier alpha value is -9.44. The predicted molar refractivity (Wildman–Crippen MR) is 331 cm³/mol. The number of rotatable bonds is 9. The maximum Gasteiger partial charge on any atom is 0.416 e. The molecular formula is C64H54Cl3F4N11O6. The Balaban J connectivity index is 0.000000146. The number of urea groups is 2. The highest BCUT2D eigenvalue weighted by molar-refractivity contribution is 6.31. The molecule has 12 rings (SSSR count). The fourth-order valence-corrected chi connectivity index (χ4v) is 11.1. The zero-order valence-corrected chi connectivity index (χ0v) is 48.9. The normalized spacial score (nSPS) is 14.6. The van der Waals surface area contributed by atoms with Crippen LogP contribution in [0.15, 0.2) is 159 Å². The van der Waals surface area contributed by atoms with Crippen LogP contribution in [0.4, 0.5) is 67.0 Å². The first-order valence-corrected chi connectivity index (χ1v) is 29.0. The van der Waals surface area contributed by atoms with Crippen molar-refractivity contribution in [2.24, 2.45) is 0 Å². The average molecular weight is 1260 g/mol. The van der Waals surface area contributed by atoms with Gasteiger partial charge in [-0.3, -0.25) is 34.1 Å². The summed E-state index contributed by atoms with van der Waals surface area (Å²) < 4.78 is 51.5. The zero-order chi connectivity index (χ0) is 62.1. The maximum absolute atomic E-state index is 13.0. The summed E-state index contributed by atoms with van der Waals surface area (Å²) in [6.45, 7) is 1.45. The van der Waals surface area contributed by atoms with E-state index in [1.165, 1.54) is 61.4 Å². The van der Waals surface area contributed by atoms with E-state index in [1.807, 2.05) is 12.1 Å². The molecule has 5 N–H and O–H groups in total. The molecule has 450 valence electrons. The number of fused-ring (bicyclic) bond motifs is 3. The van der Waals surface area contributed by atoms with E-state index >= 15 is 0 Å². The summed E-state index contributed by atoms with van der Waals surface area (Å²) in [5.41, 5.74) is 7.02. The Morgan fingerprint density at radius 2 is 0.898 bits per heavy atom. The van der Waals surface area contributed by atoms with E-state index in [0.717, 1.165) is 60.9 Å². The number of nitrogens with one attached hydrogen (secondary N) is 5. The lowest BCUT2D eigenvalue weighted by molar-refractivity contribution is -0.137. The molecule has 0 saturated heterocycles. The van der Waals surface area contributed by atoms with E-state index in [-0.39, 0.29) is 47.1 Å². The molecule has 8 amide bonds. The number of pyridine rings is 3. The molecule has 0 unspecified atom stereocenters. The van der Waals surface area contributed by atoms with E-state index in [4.69, 9.17) is 34.8 Å². The van der Waals surface area contributed by atoms with Gasteiger partial charge in [-0.05, 0) is 164 Å². The first kappa shape index (κ1) is 61.6. The highest BCUT2D eigenvalue weighted by Crippen LogP contribution is 2.33. The first-order chi connectivity index (χ1) is 42.3. The largest absolute Gasteiger partial charge is 0.416 e. The minimum Gasteiger partial charge on any atom is -0.335 e. The molecule has 88 heavy (non-hydrogen) atoms. The number of hydrogen-bond donors (Lipinski definition) is 5. The fourth-order valence-electron chi connectivity index (χ4n) is 10.5. The van der Waals surface area contributed by atoms with Crippen molar-refractivity contribution in [3.8, 4) is 0 Å². The molecule has 0 atom stereocenters. The van der Waals surface area contributed by atoms with Gasteiger partial charge in [0.05, 0.1) is 76.9 Å². The van der Waals surface area contributed by atoms with Gasteiger partial charge >= 0.3 is 18.2 Å². The van der Waals surface area contributed by atoms with Gasteiger partial charge in [0.15, 0.2) is 0 Å². The quantitative estimate of drug-likeness (QED) is 0.0869. The van der Waals surface area contributed by atoms with Crippen LogP contribution in [0.5, 0.6) is 0 Å². The van der Waals surface area contributed by atoms with Crippen LogP contribution in [0.1, 0.15) is 95.8 Å². The van der Waals surface area contributed by atoms with Crippen molar-refractivity contribution in [3.05, 3.63) is 224 Å². The molecule has 8 aromatic rings. The van der Waals surface area contributed by atoms with E-state index in [1.54, 1.807) is 94.0 Å². The van der Waals surface area contributed by atoms with Crippen LogP contribution in [0.25, 0.3) is 0 Å². The molecule has 24 heteroatoms. The van der Waals surface area contributed by atoms with Gasteiger partial charge < -0.3 is 41.3 Å². The minimum absolute atomic E-state index is 0.0112. The van der Waals surface area contributed by atoms with E-state index in [2.05, 4.69) is 41.5 Å². The predicted octanol–water partition coefficient (Wildman–Crippen LogP) is 14.3. The molecule has 3 aromatic heterocycles. The Morgan fingerprint density at radius 1 is 0.477 bits per heavy atom. The smallest absolute Gasteiger partial charge is 0.335 e. The molecule has 4 aliphatic rings. The fraction of sp³-hybridized carbons (Fsp3) is 0.203. The number of amides is 8. The highest BCUT2D eigenvalue weighted by Gasteiger charge is 2.32. The van der Waals surface area contributed by atoms with Gasteiger partial charge in [0.25, 0.3) is 23.6 Å². The summed E-state index contributed by atoms with van der Waals surface area (Å²) in [5.74, 6) is -1.23. The van der Waals surface area contributed by atoms with Gasteiger partial charge in [0, 0.05) is 68.7 Å². The van der Waals surface area contributed by atoms with E-state index in [0.29, 0.717) is 98.2 Å². The molecule has 5 aromatic carbocycles. The molecule has 1 saturated carbocycles. The van der Waals surface area contributed by atoms with Crippen molar-refractivity contribution in [1.82, 2.24) is 20.3 Å². The Morgan fingerprint density at radius 3 is 1.34 bits per heavy atom. The lowest BCUT2D eigenvalue weighted by Crippen LogP contribution is -2.39. The van der Waals surface area contributed by atoms with Crippen molar-refractivity contribution in [1.29, 1.82) is 0 Å². The number of alkyl halides is 3. The number of nitrogens with zero attached hydrogens (tertiary/aromatic N) is 6. The van der Waals surface area contributed by atoms with Gasteiger partial charge in [-0.15, -0.1) is 0 Å². The summed E-state index contributed by atoms with van der Waals surface area (Å²) in [6, 6.07) is 29.5. The molecule has 17 nitrogen and oxygen atoms in total. The van der Waals surface area contributed by atoms with Crippen molar-refractivity contribution in [3.63, 3.8) is 0 Å². The van der Waals surface area contributed by atoms with Crippen LogP contribution >= 0.6 is 34.8 Å². The number of carbonyl (C=O) groups is 6. The Bertz CT molecular complexity index is 3970. The van der Waals surface area contributed by atoms with Gasteiger partial charge in [-0.1, -0.05) is 60.1 Å². The highest BCUT2D eigenvalue weighted by atomic mass is 35.5. The number of halogens is 7. The zero-order valence-electron chi connectivity index (χ0n) is 46.6. The van der Waals surface area contributed by atoms with Crippen molar-refractivity contribution >= 4 is 110 Å². The monoisotopic (exact) mass is 1250 g/mol. The van der Waals surface area contributed by atoms with Gasteiger partial charge in [0.2, 0.25) is 0 Å². The second-order valence-corrected chi connectivity index (χ2v) is 22.2. The average Bonchev–Trinajstić information content (AvgIpc) is 2.43. The van der Waals surface area contributed by atoms with Crippen LogP contribution in [0, 0.1) is 5.82 Å². The first-order valence-electron chi connectivity index (χ1n) is 27.9. The Kier molecular flexibility index (Phi) is 19.3. The lowest BCUT2D eigenvalue weighted by atomic mass is 9.96. The molecule has 3 aliphatic heterocycles. The topological polar surface area (TPSA) is 211 Å². The third-order valence-corrected chi connectivity index (χ3v) is 15.5. The lowest BCUT2D eigenvalue weighted by Gasteiger charge is -2.28. The van der Waals surface area contributed by atoms with Gasteiger partial charge in [-0.2, -0.15) is 13.2 Å². The van der Waals surface area contributed by atoms with E-state index < -0.39 is 23.6 Å². The number of hydrogen-bond acceptors (Lipinski definition) is 9. The summed E-state index contributed by atoms with van der Waals surface area (Å²) >= 11 is 18.0. The van der Waals surface area contributed by atoms with Gasteiger partial charge in [-0.25, -0.2) is 14.0 Å². The summed E-state index contributed by atoms with van der Waals surface area (Å²) in [4.78, 5) is 92.7. The molecule has 1 aliphatic carbocycles. The second kappa shape index (κ2) is 27.5. The Labute approximate surface area is 517 Å². The van der Waals surface area contributed by atoms with Crippen molar-refractivity contribution in [2.75, 3.05) is 55.6 Å². The summed E-state index contributed by atoms with van der Waals surface area (Å²) in [5, 5.41) is 15.3. The number of aromatic nitrogens is 3. The third kappa shape index (κ3) is 15.4. The molecule has 0 radical (unpaired) electrons. The summed E-state index contributed by atoms with van der Waals surface area (Å²) in [7, 11) is 0. The van der Waals surface area contributed by atoms with Crippen LogP contribution < -0.4 is 41.3 Å². The number of carbonyl (C=O) groups excluding carboxylic acids is 6. The second-order valence-electron chi connectivity index (χ2n) is 20.9. The third-order valence-electron chi connectivity index (χ3n) is 14.8. The molecule has 1 fully saturated rings. The van der Waals surface area contributed by atoms with Crippen LogP contribution in [0.2, 0.25) is 15.1 Å². The van der Waals surface area contributed by atoms with E-state index in [9.17, 15) is 46.3 Å². The maximum atomic E-state index is 13.0. The molecular weight excluding hydrogens is 1200 g/mol. The standard InChI is InChI=1S/C22H16ClF3N4O2.C21H15ClFN3O2.C21H23ClN4O2/c23-15-4-5-19-13(8-15)6-7-30(20(19)31)18-10-17(11-27-12-18)29-21(32)28-16-3-1-2-14(9-16)22(24,25)26;22-15-3-6-19-14(9-15)7-8-26(21(19)28)18-10-17(11-24-12-18)25-20(27)13-1-4-16(23)5-2-13;22-15-6-7-19-14(10-15)8-9-26(20(19)27)18-11-17(12-23-13-18)25-21(28)24-16-4-2-1-3-5-16/h1-5,8-12H,6-7H2,(H2,28,29,32);1-6,9-12H,7-8H2,(H,25,27);6-7,10-13,16H,1-5,8-9H2,(H2,24,25,28). The van der Waals surface area contributed by atoms with Crippen molar-refractivity contribution < 1.29 is 46.3 Å². The minimum atomic E-state index is -4.52. The van der Waals surface area contributed by atoms with Gasteiger partial charge in [0.1, 0.15) is 5.82 Å². The number of anilines is 7. The number of benzene rings is 5. The molecule has 0 spiro atoms. The SMILES string of the molecule is O=C(Nc1cncc(N2CCc3cc(Cl)ccc3C2=O)c1)NC1CCCCC1.O=C(Nc1cncc(N2CCc3cc(Cl)ccc3C2=O)c1)Nc1cccc(C(F)(F)F)c1.O=C(Nc1cncc(N2CCc3cc(Cl)ccc3C2=O)c1)c1ccc(F)cc1. The van der Waals surface area contributed by atoms with Crippen molar-refractivity contribution in [2.45, 2.75) is 63.6 Å². The van der Waals surface area contributed by atoms with Crippen LogP contribution in [-0.2, 0) is 25.4 Å². The molecule has 0 bridgehead atoms. The molecule has 6 heterocycles. The van der Waals surface area contributed by atoms with Crippen LogP contribution in [-0.4, -0.2) is 76.3 Å². The summed E-state index contributed by atoms with van der Waals surface area (Å²) in [6.07, 6.45) is 12.3. The van der Waals surface area contributed by atoms with Crippen LogP contribution in [0.3, 0.4) is 0 Å².